The molecule has 0 aliphatic carbocycles. The van der Waals surface area contributed by atoms with E-state index in [2.05, 4.69) is 67.8 Å². The molecule has 1 aliphatic rings. The molecular formula is C76H145N2O15-. The van der Waals surface area contributed by atoms with Crippen LogP contribution in [0, 0.1) is 7.43 Å². The average Bonchev–Trinajstić information content (AvgIpc) is 1.86. The molecule has 1 rings (SSSR count). The lowest BCUT2D eigenvalue weighted by Crippen LogP contribution is -2.35. The summed E-state index contributed by atoms with van der Waals surface area (Å²) in [5.41, 5.74) is 0. The molecule has 0 spiro atoms. The highest BCUT2D eigenvalue weighted by molar-refractivity contribution is 5.72. The summed E-state index contributed by atoms with van der Waals surface area (Å²) in [6, 6.07) is 0. The van der Waals surface area contributed by atoms with E-state index < -0.39 is 30.4 Å². The number of carboxylic acids is 1. The van der Waals surface area contributed by atoms with E-state index in [-0.39, 0.29) is 63.1 Å². The van der Waals surface area contributed by atoms with Crippen molar-refractivity contribution in [1.29, 1.82) is 0 Å². The summed E-state index contributed by atoms with van der Waals surface area (Å²) < 4.78 is 30.2. The molecule has 3 N–H and O–H groups in total. The van der Waals surface area contributed by atoms with Gasteiger partial charge in [0.05, 0.1) is 71.6 Å². The van der Waals surface area contributed by atoms with Crippen molar-refractivity contribution >= 4 is 35.8 Å². The summed E-state index contributed by atoms with van der Waals surface area (Å²) in [6.45, 7) is 16.7. The number of esters is 5. The van der Waals surface area contributed by atoms with Crippen LogP contribution in [0.4, 0.5) is 0 Å². The van der Waals surface area contributed by atoms with Gasteiger partial charge in [0.1, 0.15) is 12.2 Å². The van der Waals surface area contributed by atoms with Gasteiger partial charge in [-0.05, 0) is 98.4 Å². The lowest BCUT2D eigenvalue weighted by atomic mass is 10.0. The molecule has 6 unspecified atom stereocenters. The second kappa shape index (κ2) is 75.2. The third-order valence-electron chi connectivity index (χ3n) is 15.6. The van der Waals surface area contributed by atoms with Crippen molar-refractivity contribution < 1.29 is 72.5 Å². The Bertz CT molecular complexity index is 1780. The summed E-state index contributed by atoms with van der Waals surface area (Å²) in [7, 11) is 10.4. The van der Waals surface area contributed by atoms with Gasteiger partial charge >= 0.3 is 35.8 Å². The fourth-order valence-electron chi connectivity index (χ4n) is 9.60. The van der Waals surface area contributed by atoms with Crippen molar-refractivity contribution in [2.45, 2.75) is 348 Å². The highest BCUT2D eigenvalue weighted by atomic mass is 16.6. The monoisotopic (exact) mass is 1330 g/mol. The van der Waals surface area contributed by atoms with E-state index in [1.165, 1.54) is 182 Å². The van der Waals surface area contributed by atoms with Crippen molar-refractivity contribution in [2.24, 2.45) is 0 Å². The largest absolute Gasteiger partial charge is 0.481 e. The number of hydrogen-bond donors (Lipinski definition) is 3. The topological polar surface area (TPSA) is 228 Å². The Kier molecular flexibility index (Phi) is 78.9. The van der Waals surface area contributed by atoms with Gasteiger partial charge in [-0.25, -0.2) is 0 Å². The summed E-state index contributed by atoms with van der Waals surface area (Å²) in [4.78, 5) is 70.5. The van der Waals surface area contributed by atoms with Crippen LogP contribution in [0.1, 0.15) is 312 Å². The number of ether oxygens (including phenoxy) is 6. The van der Waals surface area contributed by atoms with Gasteiger partial charge < -0.3 is 56.1 Å². The molecule has 0 radical (unpaired) electrons. The fraction of sp³-hybridized carbons (Fsp3) is 0.829. The van der Waals surface area contributed by atoms with Gasteiger partial charge in [0.15, 0.2) is 0 Å². The van der Waals surface area contributed by atoms with Gasteiger partial charge in [-0.3, -0.25) is 33.7 Å². The van der Waals surface area contributed by atoms with Crippen molar-refractivity contribution in [3.05, 3.63) is 43.9 Å². The molecule has 1 aliphatic heterocycles. The first-order valence-corrected chi connectivity index (χ1v) is 36.4. The van der Waals surface area contributed by atoms with Gasteiger partial charge in [0.25, 0.3) is 0 Å². The number of carbonyl (C=O) groups excluding carboxylic acids is 5. The quantitative estimate of drug-likeness (QED) is 0.0128. The molecule has 1 saturated heterocycles. The maximum absolute atomic E-state index is 12.5. The van der Waals surface area contributed by atoms with Gasteiger partial charge in [0.2, 0.25) is 0 Å². The maximum atomic E-state index is 12.5. The number of methoxy groups -OCH3 is 3. The second-order valence-corrected chi connectivity index (χ2v) is 24.7. The Hall–Kier alpha value is -4.16. The van der Waals surface area contributed by atoms with Crippen LogP contribution in [0.2, 0.25) is 0 Å². The number of unbranched alkanes of at least 4 members (excludes halogenated alkanes) is 25. The summed E-state index contributed by atoms with van der Waals surface area (Å²) in [5, 5.41) is 28.4. The van der Waals surface area contributed by atoms with E-state index in [4.69, 9.17) is 19.3 Å². The minimum Gasteiger partial charge on any atom is -0.481 e. The molecule has 0 aromatic heterocycles. The van der Waals surface area contributed by atoms with Crippen molar-refractivity contribution in [3.8, 4) is 0 Å². The van der Waals surface area contributed by atoms with E-state index in [1.54, 1.807) is 38.2 Å². The Morgan fingerprint density at radius 1 is 0.419 bits per heavy atom. The molecule has 17 heteroatoms. The predicted molar refractivity (Wildman–Crippen MR) is 383 cm³/mol. The standard InChI is InChI=1S/C29H55NO5.C16H28O5.C14H31N.C13H22O3.C3H6O2.CH3/c1-5-7-9-10-11-12-13-14-15-16-20-24-30(3)25-29(33)35-27(22-17-8-6-2)26(31)21-18-19-23-28(32)34-4;1-4-6-7-11-14(21-15(18)5-2)13(17)10-8-9-12-16(19)20-3;1-4-5-6-7-8-9-10-11-12-13-14-15(2)3;1-3-4-5-8-11-12(16-11)9-6-7-10-13(14)15-2;1-2-3(4)5;/h18-19,26-27,31H,5-17,20-25H2,1-4H3;8-9,13-14,17H,4-7,10-12H2,1-3H3;4-14H2,1-3H3;6-7,11-12H,3-5,8-10H2,1-2H3;2H2,1H3,(H,4,5);1H3/q;;;;;-1/b19-18+;9-8+;;7-6+;;. The van der Waals surface area contributed by atoms with Gasteiger partial charge in [-0.2, -0.15) is 0 Å². The molecule has 0 bridgehead atoms. The number of nitrogens with zero attached hydrogens (tertiary/aromatic N) is 2. The predicted octanol–water partition coefficient (Wildman–Crippen LogP) is 17.6. The number of hydrogen-bond acceptors (Lipinski definition) is 16. The molecule has 93 heavy (non-hydrogen) atoms. The number of aliphatic hydroxyl groups is 2. The molecule has 6 atom stereocenters. The zero-order valence-electron chi connectivity index (χ0n) is 62.2. The number of rotatable bonds is 55. The number of aliphatic hydroxyl groups excluding tert-OH is 2. The number of carbonyl (C=O) groups is 6. The third-order valence-corrected chi connectivity index (χ3v) is 15.6. The Balaban J connectivity index is -0.000000380. The van der Waals surface area contributed by atoms with Crippen LogP contribution in [-0.2, 0) is 57.2 Å². The SMILES string of the molecule is CCC(=O)O.CCCCCC(OC(=O)CC)C(O)C/C=C/CC(=O)OC.CCCCCC1OC1C/C=C/CC(=O)OC.CCCCCCCCCCCCCN(C)CC(=O)OC(CCCCC)C(O)C/C=C/CC(=O)OC.CCCCCCCCCCCCN(C)C.[CH3-]. The maximum Gasteiger partial charge on any atom is 0.320 e. The normalized spacial score (nSPS) is 14.4. The highest BCUT2D eigenvalue weighted by Crippen LogP contribution is 2.30. The Morgan fingerprint density at radius 2 is 0.753 bits per heavy atom. The molecular weight excluding hydrogens is 1180 g/mol. The first kappa shape index (κ1) is 97.5. The molecule has 17 nitrogen and oxygen atoms in total. The molecule has 0 amide bonds. The van der Waals surface area contributed by atoms with Crippen LogP contribution in [0.3, 0.4) is 0 Å². The van der Waals surface area contributed by atoms with Crippen LogP contribution in [0.5, 0.6) is 0 Å². The summed E-state index contributed by atoms with van der Waals surface area (Å²) in [5.74, 6) is -2.15. The molecule has 1 heterocycles. The van der Waals surface area contributed by atoms with E-state index in [1.807, 2.05) is 24.1 Å². The first-order chi connectivity index (χ1) is 44.3. The van der Waals surface area contributed by atoms with Gasteiger partial charge in [0, 0.05) is 12.8 Å². The third kappa shape index (κ3) is 75.1. The molecule has 1 fully saturated rings. The van der Waals surface area contributed by atoms with E-state index in [9.17, 15) is 39.0 Å². The summed E-state index contributed by atoms with van der Waals surface area (Å²) in [6.07, 6.45) is 53.0. The van der Waals surface area contributed by atoms with E-state index >= 15 is 0 Å². The van der Waals surface area contributed by atoms with E-state index in [0.29, 0.717) is 50.7 Å². The Labute approximate surface area is 570 Å². The highest BCUT2D eigenvalue weighted by Gasteiger charge is 2.36. The van der Waals surface area contributed by atoms with Gasteiger partial charge in [-0.1, -0.05) is 252 Å². The first-order valence-electron chi connectivity index (χ1n) is 36.4. The van der Waals surface area contributed by atoms with Crippen LogP contribution in [-0.4, -0.2) is 160 Å². The number of likely N-dealkylation sites (N-methyl/N-ethyl adjacent to an activating group) is 1. The van der Waals surface area contributed by atoms with Crippen LogP contribution in [0.25, 0.3) is 0 Å². The number of aliphatic carboxylic acids is 1. The molecule has 0 saturated carbocycles. The zero-order valence-corrected chi connectivity index (χ0v) is 62.2. The van der Waals surface area contributed by atoms with Crippen LogP contribution in [0.15, 0.2) is 36.5 Å². The zero-order chi connectivity index (χ0) is 69.7. The molecule has 0 aromatic rings. The minimum atomic E-state index is -0.776. The molecule has 0 aromatic carbocycles. The number of epoxide rings is 1. The minimum absolute atomic E-state index is 0. The van der Waals surface area contributed by atoms with Crippen molar-refractivity contribution in [2.75, 3.05) is 62.1 Å². The van der Waals surface area contributed by atoms with E-state index in [0.717, 1.165) is 57.9 Å². The van der Waals surface area contributed by atoms with Gasteiger partial charge in [-0.15, -0.1) is 0 Å². The lowest BCUT2D eigenvalue weighted by molar-refractivity contribution is -0.157. The fourth-order valence-corrected chi connectivity index (χ4v) is 9.60. The summed E-state index contributed by atoms with van der Waals surface area (Å²) >= 11 is 0. The van der Waals surface area contributed by atoms with Crippen LogP contribution < -0.4 is 0 Å². The second-order valence-electron chi connectivity index (χ2n) is 24.7. The Morgan fingerprint density at radius 3 is 1.11 bits per heavy atom. The smallest absolute Gasteiger partial charge is 0.320 e. The molecule has 550 valence electrons. The lowest BCUT2D eigenvalue weighted by Gasteiger charge is -2.24. The van der Waals surface area contributed by atoms with Crippen molar-refractivity contribution in [3.63, 3.8) is 0 Å². The number of carboxylic acid groups (broad SMARTS) is 1. The average molecular weight is 1330 g/mol. The van der Waals surface area contributed by atoms with Crippen molar-refractivity contribution in [1.82, 2.24) is 9.80 Å². The van der Waals surface area contributed by atoms with Crippen LogP contribution >= 0.6 is 0 Å².